The molecule has 7 nitrogen and oxygen atoms in total. The predicted octanol–water partition coefficient (Wildman–Crippen LogP) is 1.66. The summed E-state index contributed by atoms with van der Waals surface area (Å²) in [7, 11) is 1.65. The van der Waals surface area contributed by atoms with Crippen molar-refractivity contribution in [2.75, 3.05) is 43.0 Å². The Morgan fingerprint density at radius 1 is 1.23 bits per heavy atom. The fraction of sp³-hybridized carbons (Fsp3) is 0.667. The number of carboxylic acid groups (broad SMARTS) is 1. The number of nitrogens with zero attached hydrogens (tertiary/aromatic N) is 5. The van der Waals surface area contributed by atoms with Crippen LogP contribution in [0.15, 0.2) is 12.3 Å². The summed E-state index contributed by atoms with van der Waals surface area (Å²) < 4.78 is 0. The number of hydrogen-bond donors (Lipinski definition) is 1. The number of piperidine rings is 1. The van der Waals surface area contributed by atoms with Gasteiger partial charge in [-0.2, -0.15) is 4.98 Å². The molecule has 0 atom stereocenters. The summed E-state index contributed by atoms with van der Waals surface area (Å²) in [5, 5.41) is 9.06. The summed E-state index contributed by atoms with van der Waals surface area (Å²) in [5.74, 6) is 1.77. The number of hydrogen-bond acceptors (Lipinski definition) is 5. The highest BCUT2D eigenvalue weighted by molar-refractivity contribution is 5.65. The zero-order valence-electron chi connectivity index (χ0n) is 13.0. The van der Waals surface area contributed by atoms with Crippen molar-refractivity contribution >= 4 is 17.9 Å². The molecule has 2 aliphatic rings. The van der Waals surface area contributed by atoms with Gasteiger partial charge in [0, 0.05) is 45.5 Å². The molecule has 0 aromatic carbocycles. The Morgan fingerprint density at radius 3 is 2.55 bits per heavy atom. The predicted molar refractivity (Wildman–Crippen MR) is 84.5 cm³/mol. The van der Waals surface area contributed by atoms with Crippen LogP contribution in [-0.2, 0) is 0 Å². The van der Waals surface area contributed by atoms with Crippen LogP contribution < -0.4 is 9.80 Å². The second-order valence-electron chi connectivity index (χ2n) is 6.02. The fourth-order valence-corrected chi connectivity index (χ4v) is 3.22. The Labute approximate surface area is 130 Å². The van der Waals surface area contributed by atoms with Gasteiger partial charge in [-0.1, -0.05) is 0 Å². The van der Waals surface area contributed by atoms with Crippen molar-refractivity contribution < 1.29 is 9.90 Å². The molecule has 2 aliphatic heterocycles. The van der Waals surface area contributed by atoms with E-state index in [1.807, 2.05) is 12.3 Å². The third-order valence-electron chi connectivity index (χ3n) is 4.65. The molecule has 2 fully saturated rings. The van der Waals surface area contributed by atoms with Gasteiger partial charge >= 0.3 is 6.09 Å². The summed E-state index contributed by atoms with van der Waals surface area (Å²) in [6.07, 6.45) is 5.07. The molecule has 0 bridgehead atoms. The van der Waals surface area contributed by atoms with Gasteiger partial charge < -0.3 is 19.8 Å². The summed E-state index contributed by atoms with van der Waals surface area (Å²) >= 11 is 0. The van der Waals surface area contributed by atoms with Gasteiger partial charge in [0.25, 0.3) is 0 Å². The molecule has 0 spiro atoms. The first-order chi connectivity index (χ1) is 10.6. The quantitative estimate of drug-likeness (QED) is 0.915. The van der Waals surface area contributed by atoms with Crippen molar-refractivity contribution in [3.8, 4) is 0 Å². The van der Waals surface area contributed by atoms with Gasteiger partial charge in [-0.25, -0.2) is 9.78 Å². The van der Waals surface area contributed by atoms with Crippen LogP contribution in [-0.4, -0.2) is 65.3 Å². The normalized spacial score (nSPS) is 19.5. The maximum atomic E-state index is 11.0. The van der Waals surface area contributed by atoms with Crippen LogP contribution in [0.25, 0.3) is 0 Å². The second-order valence-corrected chi connectivity index (χ2v) is 6.02. The average molecular weight is 305 g/mol. The van der Waals surface area contributed by atoms with E-state index in [1.165, 1.54) is 17.7 Å². The minimum atomic E-state index is -0.850. The summed E-state index contributed by atoms with van der Waals surface area (Å²) in [6.45, 7) is 3.74. The van der Waals surface area contributed by atoms with Crippen molar-refractivity contribution in [1.29, 1.82) is 0 Å². The molecular formula is C15H23N5O2. The Balaban J connectivity index is 1.63. The lowest BCUT2D eigenvalue weighted by atomic mass is 10.0. The molecule has 7 heteroatoms. The highest BCUT2D eigenvalue weighted by Gasteiger charge is 2.26. The smallest absolute Gasteiger partial charge is 0.407 e. The van der Waals surface area contributed by atoms with Gasteiger partial charge in [-0.05, 0) is 31.7 Å². The molecule has 1 aromatic rings. The Kier molecular flexibility index (Phi) is 4.31. The van der Waals surface area contributed by atoms with E-state index in [-0.39, 0.29) is 6.04 Å². The summed E-state index contributed by atoms with van der Waals surface area (Å²) in [4.78, 5) is 26.0. The molecule has 22 heavy (non-hydrogen) atoms. The number of rotatable bonds is 3. The summed E-state index contributed by atoms with van der Waals surface area (Å²) in [6, 6.07) is 2.05. The van der Waals surface area contributed by atoms with Crippen molar-refractivity contribution in [2.24, 2.45) is 0 Å². The van der Waals surface area contributed by atoms with E-state index < -0.39 is 6.09 Å². The standard InChI is InChI=1S/C15H23N5O2/c1-18(15(21)22)12-5-10-19(11-6-12)13-4-7-16-14(17-13)20-8-2-3-9-20/h4,7,12H,2-3,5-6,8-11H2,1H3,(H,21,22). The fourth-order valence-electron chi connectivity index (χ4n) is 3.22. The Bertz CT molecular complexity index is 524. The topological polar surface area (TPSA) is 72.8 Å². The Morgan fingerprint density at radius 2 is 1.91 bits per heavy atom. The summed E-state index contributed by atoms with van der Waals surface area (Å²) in [5.41, 5.74) is 0. The van der Waals surface area contributed by atoms with E-state index in [4.69, 9.17) is 10.1 Å². The highest BCUT2D eigenvalue weighted by Crippen LogP contribution is 2.23. The lowest BCUT2D eigenvalue weighted by Gasteiger charge is -2.36. The van der Waals surface area contributed by atoms with E-state index in [0.717, 1.165) is 50.8 Å². The third-order valence-corrected chi connectivity index (χ3v) is 4.65. The van der Waals surface area contributed by atoms with E-state index in [1.54, 1.807) is 7.05 Å². The second kappa shape index (κ2) is 6.37. The number of anilines is 2. The van der Waals surface area contributed by atoms with Crippen LogP contribution in [0.5, 0.6) is 0 Å². The molecule has 1 amide bonds. The van der Waals surface area contributed by atoms with Gasteiger partial charge in [0.1, 0.15) is 5.82 Å². The first kappa shape index (κ1) is 14.9. The molecule has 3 heterocycles. The molecule has 1 N–H and O–H groups in total. The highest BCUT2D eigenvalue weighted by atomic mass is 16.4. The van der Waals surface area contributed by atoms with Crippen LogP contribution in [0.1, 0.15) is 25.7 Å². The molecule has 3 rings (SSSR count). The van der Waals surface area contributed by atoms with Gasteiger partial charge in [-0.3, -0.25) is 0 Å². The largest absolute Gasteiger partial charge is 0.465 e. The number of aromatic nitrogens is 2. The van der Waals surface area contributed by atoms with Crippen molar-refractivity contribution in [3.63, 3.8) is 0 Å². The van der Waals surface area contributed by atoms with Crippen molar-refractivity contribution in [2.45, 2.75) is 31.7 Å². The molecule has 0 saturated carbocycles. The Hall–Kier alpha value is -2.05. The SMILES string of the molecule is CN(C(=O)O)C1CCN(c2ccnc(N3CCCC3)n2)CC1. The molecule has 2 saturated heterocycles. The van der Waals surface area contributed by atoms with E-state index in [2.05, 4.69) is 14.8 Å². The van der Waals surface area contributed by atoms with Gasteiger partial charge in [0.2, 0.25) is 5.95 Å². The van der Waals surface area contributed by atoms with E-state index in [0.29, 0.717) is 0 Å². The van der Waals surface area contributed by atoms with E-state index >= 15 is 0 Å². The molecule has 0 unspecified atom stereocenters. The molecular weight excluding hydrogens is 282 g/mol. The minimum absolute atomic E-state index is 0.105. The maximum Gasteiger partial charge on any atom is 0.407 e. The van der Waals surface area contributed by atoms with Gasteiger partial charge in [0.05, 0.1) is 0 Å². The number of amides is 1. The lowest BCUT2D eigenvalue weighted by Crippen LogP contribution is -2.45. The molecule has 120 valence electrons. The van der Waals surface area contributed by atoms with Gasteiger partial charge in [0.15, 0.2) is 0 Å². The zero-order valence-corrected chi connectivity index (χ0v) is 13.0. The van der Waals surface area contributed by atoms with Crippen LogP contribution in [0.3, 0.4) is 0 Å². The maximum absolute atomic E-state index is 11.0. The first-order valence-corrected chi connectivity index (χ1v) is 7.94. The first-order valence-electron chi connectivity index (χ1n) is 7.94. The number of carbonyl (C=O) groups is 1. The molecule has 1 aromatic heterocycles. The van der Waals surface area contributed by atoms with Crippen LogP contribution in [0, 0.1) is 0 Å². The van der Waals surface area contributed by atoms with Crippen molar-refractivity contribution in [3.05, 3.63) is 12.3 Å². The van der Waals surface area contributed by atoms with Crippen LogP contribution in [0.2, 0.25) is 0 Å². The lowest BCUT2D eigenvalue weighted by molar-refractivity contribution is 0.131. The molecule has 0 radical (unpaired) electrons. The molecule has 0 aliphatic carbocycles. The van der Waals surface area contributed by atoms with Crippen molar-refractivity contribution in [1.82, 2.24) is 14.9 Å². The van der Waals surface area contributed by atoms with Crippen LogP contribution >= 0.6 is 0 Å². The monoisotopic (exact) mass is 305 g/mol. The minimum Gasteiger partial charge on any atom is -0.465 e. The zero-order chi connectivity index (χ0) is 15.5. The van der Waals surface area contributed by atoms with Crippen LogP contribution in [0.4, 0.5) is 16.6 Å². The average Bonchev–Trinajstić information content (AvgIpc) is 3.09. The van der Waals surface area contributed by atoms with E-state index in [9.17, 15) is 4.79 Å². The third kappa shape index (κ3) is 3.08. The van der Waals surface area contributed by atoms with Gasteiger partial charge in [-0.15, -0.1) is 0 Å².